The van der Waals surface area contributed by atoms with Crippen LogP contribution in [0.1, 0.15) is 13.3 Å². The third-order valence-electron chi connectivity index (χ3n) is 2.54. The molecule has 2 N–H and O–H groups in total. The summed E-state index contributed by atoms with van der Waals surface area (Å²) in [6.45, 7) is 2.99. The van der Waals surface area contributed by atoms with Crippen LogP contribution in [0.2, 0.25) is 5.02 Å². The van der Waals surface area contributed by atoms with Crippen molar-refractivity contribution >= 4 is 33.3 Å². The Morgan fingerprint density at radius 3 is 2.88 bits per heavy atom. The molecule has 90 valence electrons. The number of rotatable bonds is 3. The maximum absolute atomic E-state index is 6.06. The highest BCUT2D eigenvalue weighted by Crippen LogP contribution is 2.30. The summed E-state index contributed by atoms with van der Waals surface area (Å²) in [5, 5.41) is 0.681. The Hall–Kier alpha value is -1.00. The lowest BCUT2D eigenvalue weighted by molar-refractivity contribution is 0.686. The second kappa shape index (κ2) is 5.10. The molecule has 2 aromatic rings. The van der Waals surface area contributed by atoms with Crippen LogP contribution in [0, 0.1) is 0 Å². The van der Waals surface area contributed by atoms with E-state index in [9.17, 15) is 0 Å². The van der Waals surface area contributed by atoms with Gasteiger partial charge in [-0.25, -0.2) is 4.98 Å². The summed E-state index contributed by atoms with van der Waals surface area (Å²) in [5.74, 6) is 0.695. The van der Waals surface area contributed by atoms with Crippen LogP contribution >= 0.6 is 27.5 Å². The fraction of sp³-hybridized carbons (Fsp3) is 0.250. The van der Waals surface area contributed by atoms with Gasteiger partial charge in [0.05, 0.1) is 11.3 Å². The Kier molecular flexibility index (Phi) is 3.74. The highest BCUT2D eigenvalue weighted by Gasteiger charge is 2.10. The predicted octanol–water partition coefficient (Wildman–Crippen LogP) is 3.96. The molecule has 0 aliphatic rings. The van der Waals surface area contributed by atoms with Crippen molar-refractivity contribution in [1.29, 1.82) is 0 Å². The minimum Gasteiger partial charge on any atom is -0.383 e. The molecule has 3 nitrogen and oxygen atoms in total. The molecule has 0 amide bonds. The first kappa shape index (κ1) is 12.5. The fourth-order valence-corrected chi connectivity index (χ4v) is 2.17. The molecule has 0 saturated heterocycles. The second-order valence-corrected chi connectivity index (χ2v) is 5.06. The van der Waals surface area contributed by atoms with Gasteiger partial charge in [-0.15, -0.1) is 0 Å². The van der Waals surface area contributed by atoms with Crippen LogP contribution in [-0.4, -0.2) is 9.55 Å². The van der Waals surface area contributed by atoms with Gasteiger partial charge in [0.15, 0.2) is 0 Å². The number of imidazole rings is 1. The van der Waals surface area contributed by atoms with E-state index in [1.54, 1.807) is 6.33 Å². The normalized spacial score (nSPS) is 10.8. The Morgan fingerprint density at radius 2 is 2.24 bits per heavy atom. The second-order valence-electron chi connectivity index (χ2n) is 3.80. The van der Waals surface area contributed by atoms with Crippen LogP contribution in [0.5, 0.6) is 0 Å². The van der Waals surface area contributed by atoms with Gasteiger partial charge in [-0.3, -0.25) is 0 Å². The predicted molar refractivity (Wildman–Crippen MR) is 75.1 cm³/mol. The SMILES string of the molecule is CCCn1cnc(-c2ccc(Cl)c(Br)c2)c1N. The number of aryl methyl sites for hydroxylation is 1. The minimum atomic E-state index is 0.681. The van der Waals surface area contributed by atoms with Crippen LogP contribution < -0.4 is 5.73 Å². The number of halogens is 2. The van der Waals surface area contributed by atoms with Gasteiger partial charge in [-0.2, -0.15) is 0 Å². The van der Waals surface area contributed by atoms with Crippen molar-refractivity contribution < 1.29 is 0 Å². The summed E-state index contributed by atoms with van der Waals surface area (Å²) in [6.07, 6.45) is 2.81. The van der Waals surface area contributed by atoms with Gasteiger partial charge in [-0.05, 0) is 34.5 Å². The Balaban J connectivity index is 2.42. The maximum atomic E-state index is 6.06. The van der Waals surface area contributed by atoms with E-state index in [1.807, 2.05) is 22.8 Å². The molecule has 0 bridgehead atoms. The smallest absolute Gasteiger partial charge is 0.131 e. The van der Waals surface area contributed by atoms with Gasteiger partial charge in [-0.1, -0.05) is 24.6 Å². The average molecular weight is 315 g/mol. The van der Waals surface area contributed by atoms with E-state index >= 15 is 0 Å². The maximum Gasteiger partial charge on any atom is 0.131 e. The number of hydrogen-bond acceptors (Lipinski definition) is 2. The topological polar surface area (TPSA) is 43.8 Å². The molecule has 1 aromatic carbocycles. The first-order chi connectivity index (χ1) is 8.13. The highest BCUT2D eigenvalue weighted by molar-refractivity contribution is 9.10. The third-order valence-corrected chi connectivity index (χ3v) is 3.75. The van der Waals surface area contributed by atoms with Crippen molar-refractivity contribution in [3.63, 3.8) is 0 Å². The van der Waals surface area contributed by atoms with Crippen LogP contribution in [-0.2, 0) is 6.54 Å². The van der Waals surface area contributed by atoms with Gasteiger partial charge in [0.1, 0.15) is 11.5 Å². The summed E-state index contributed by atoms with van der Waals surface area (Å²) in [7, 11) is 0. The number of anilines is 1. The molecule has 5 heteroatoms. The lowest BCUT2D eigenvalue weighted by atomic mass is 10.1. The molecule has 0 radical (unpaired) electrons. The summed E-state index contributed by atoms with van der Waals surface area (Å²) in [4.78, 5) is 4.35. The van der Waals surface area contributed by atoms with E-state index in [4.69, 9.17) is 17.3 Å². The van der Waals surface area contributed by atoms with Crippen molar-refractivity contribution in [2.24, 2.45) is 0 Å². The number of aromatic nitrogens is 2. The summed E-state index contributed by atoms with van der Waals surface area (Å²) in [6, 6.07) is 5.68. The van der Waals surface area contributed by atoms with Crippen molar-refractivity contribution in [3.05, 3.63) is 34.0 Å². The first-order valence-electron chi connectivity index (χ1n) is 5.39. The number of nitrogens with zero attached hydrogens (tertiary/aromatic N) is 2. The van der Waals surface area contributed by atoms with E-state index < -0.39 is 0 Å². The molecule has 1 aromatic heterocycles. The first-order valence-corrected chi connectivity index (χ1v) is 6.56. The minimum absolute atomic E-state index is 0.681. The Labute approximate surface area is 114 Å². The molecule has 17 heavy (non-hydrogen) atoms. The number of nitrogen functional groups attached to an aromatic ring is 1. The molecule has 0 aliphatic carbocycles. The van der Waals surface area contributed by atoms with Crippen LogP contribution in [0.4, 0.5) is 5.82 Å². The van der Waals surface area contributed by atoms with Gasteiger partial charge < -0.3 is 10.3 Å². The molecule has 1 heterocycles. The van der Waals surface area contributed by atoms with Crippen LogP contribution in [0.15, 0.2) is 29.0 Å². The quantitative estimate of drug-likeness (QED) is 0.932. The van der Waals surface area contributed by atoms with Gasteiger partial charge in [0.25, 0.3) is 0 Å². The zero-order valence-corrected chi connectivity index (χ0v) is 11.8. The van der Waals surface area contributed by atoms with Crippen LogP contribution in [0.3, 0.4) is 0 Å². The number of benzene rings is 1. The zero-order valence-electron chi connectivity index (χ0n) is 9.45. The van der Waals surface area contributed by atoms with E-state index in [-0.39, 0.29) is 0 Å². The van der Waals surface area contributed by atoms with Crippen molar-refractivity contribution in [2.75, 3.05) is 5.73 Å². The molecular weight excluding hydrogens is 302 g/mol. The number of nitrogens with two attached hydrogens (primary N) is 1. The highest BCUT2D eigenvalue weighted by atomic mass is 79.9. The monoisotopic (exact) mass is 313 g/mol. The van der Waals surface area contributed by atoms with Gasteiger partial charge in [0, 0.05) is 16.6 Å². The van der Waals surface area contributed by atoms with E-state index in [2.05, 4.69) is 27.8 Å². The zero-order chi connectivity index (χ0) is 12.4. The Morgan fingerprint density at radius 1 is 1.47 bits per heavy atom. The summed E-state index contributed by atoms with van der Waals surface area (Å²) < 4.78 is 2.80. The molecule has 0 atom stereocenters. The fourth-order valence-electron chi connectivity index (χ4n) is 1.68. The largest absolute Gasteiger partial charge is 0.383 e. The van der Waals surface area contributed by atoms with Crippen molar-refractivity contribution in [3.8, 4) is 11.3 Å². The third kappa shape index (κ3) is 2.48. The molecule has 0 unspecified atom stereocenters. The van der Waals surface area contributed by atoms with Crippen molar-refractivity contribution in [1.82, 2.24) is 9.55 Å². The summed E-state index contributed by atoms with van der Waals surface area (Å²) in [5.41, 5.74) is 7.83. The van der Waals surface area contributed by atoms with Gasteiger partial charge in [0.2, 0.25) is 0 Å². The van der Waals surface area contributed by atoms with E-state index in [0.717, 1.165) is 28.7 Å². The molecular formula is C12H13BrClN3. The molecule has 2 rings (SSSR count). The summed E-state index contributed by atoms with van der Waals surface area (Å²) >= 11 is 9.36. The molecule has 0 spiro atoms. The van der Waals surface area contributed by atoms with E-state index in [1.165, 1.54) is 0 Å². The van der Waals surface area contributed by atoms with Crippen LogP contribution in [0.25, 0.3) is 11.3 Å². The lowest BCUT2D eigenvalue weighted by Gasteiger charge is -2.04. The average Bonchev–Trinajstić information content (AvgIpc) is 2.66. The molecule has 0 fully saturated rings. The van der Waals surface area contributed by atoms with Crippen molar-refractivity contribution in [2.45, 2.75) is 19.9 Å². The van der Waals surface area contributed by atoms with Gasteiger partial charge >= 0.3 is 0 Å². The number of hydrogen-bond donors (Lipinski definition) is 1. The van der Waals surface area contributed by atoms with E-state index in [0.29, 0.717) is 10.8 Å². The molecule has 0 aliphatic heterocycles. The molecule has 0 saturated carbocycles. The lowest BCUT2D eigenvalue weighted by Crippen LogP contribution is -2.01. The Bertz CT molecular complexity index is 537. The standard InChI is InChI=1S/C12H13BrClN3/c1-2-5-17-7-16-11(12(17)15)8-3-4-10(14)9(13)6-8/h3-4,6-7H,2,5,15H2,1H3.